The summed E-state index contributed by atoms with van der Waals surface area (Å²) in [4.78, 5) is 27.4. The van der Waals surface area contributed by atoms with Gasteiger partial charge < -0.3 is 10.2 Å². The van der Waals surface area contributed by atoms with Crippen LogP contribution in [0.2, 0.25) is 0 Å². The first-order valence-electron chi connectivity index (χ1n) is 12.8. The van der Waals surface area contributed by atoms with Gasteiger partial charge in [-0.05, 0) is 72.5 Å². The van der Waals surface area contributed by atoms with Crippen molar-refractivity contribution in [1.29, 1.82) is 0 Å². The van der Waals surface area contributed by atoms with Gasteiger partial charge in [0.05, 0.1) is 16.3 Å². The normalized spacial score (nSPS) is 15.2. The molecule has 204 valence electrons. The van der Waals surface area contributed by atoms with Gasteiger partial charge in [-0.25, -0.2) is 8.42 Å². The van der Waals surface area contributed by atoms with Gasteiger partial charge in [-0.2, -0.15) is 0 Å². The van der Waals surface area contributed by atoms with E-state index in [9.17, 15) is 18.0 Å². The minimum absolute atomic E-state index is 0.0869. The van der Waals surface area contributed by atoms with Crippen molar-refractivity contribution in [3.63, 3.8) is 0 Å². The lowest BCUT2D eigenvalue weighted by atomic mass is 10.1. The third kappa shape index (κ3) is 6.38. The number of nitrogens with one attached hydrogen (secondary N) is 2. The predicted octanol–water partition coefficient (Wildman–Crippen LogP) is 5.86. The lowest BCUT2D eigenvalue weighted by Gasteiger charge is -2.24. The number of sulfonamides is 1. The molecule has 0 aromatic heterocycles. The van der Waals surface area contributed by atoms with Gasteiger partial charge in [0, 0.05) is 17.8 Å². The van der Waals surface area contributed by atoms with Crippen LogP contribution in [-0.2, 0) is 21.2 Å². The van der Waals surface area contributed by atoms with Gasteiger partial charge in [0.1, 0.15) is 5.37 Å². The zero-order chi connectivity index (χ0) is 28.1. The molecule has 1 aliphatic heterocycles. The van der Waals surface area contributed by atoms with E-state index in [0.29, 0.717) is 29.2 Å². The van der Waals surface area contributed by atoms with E-state index < -0.39 is 10.0 Å². The highest BCUT2D eigenvalue weighted by atomic mass is 32.2. The van der Waals surface area contributed by atoms with Crippen LogP contribution in [0.4, 0.5) is 11.4 Å². The molecule has 4 aromatic rings. The first-order chi connectivity index (χ1) is 19.3. The van der Waals surface area contributed by atoms with Gasteiger partial charge in [0.15, 0.2) is 0 Å². The fourth-order valence-electron chi connectivity index (χ4n) is 4.48. The largest absolute Gasteiger partial charge is 0.326 e. The van der Waals surface area contributed by atoms with E-state index in [1.165, 1.54) is 17.7 Å². The van der Waals surface area contributed by atoms with Crippen LogP contribution in [0.3, 0.4) is 0 Å². The van der Waals surface area contributed by atoms with Gasteiger partial charge in [-0.15, -0.1) is 11.8 Å². The maximum absolute atomic E-state index is 12.9. The molecule has 0 unspecified atom stereocenters. The molecule has 0 spiro atoms. The summed E-state index contributed by atoms with van der Waals surface area (Å²) in [7, 11) is -3.77. The van der Waals surface area contributed by atoms with Crippen LogP contribution in [-0.4, -0.2) is 37.4 Å². The van der Waals surface area contributed by atoms with E-state index in [1.54, 1.807) is 48.2 Å². The molecule has 7 nitrogen and oxygen atoms in total. The molecule has 1 heterocycles. The van der Waals surface area contributed by atoms with Crippen molar-refractivity contribution in [2.75, 3.05) is 22.3 Å². The number of aryl methyl sites for hydroxylation is 1. The Bertz CT molecular complexity index is 1610. The number of para-hydroxylation sites is 1. The van der Waals surface area contributed by atoms with Crippen LogP contribution in [0, 0.1) is 6.92 Å². The zero-order valence-corrected chi connectivity index (χ0v) is 23.5. The molecular formula is C31H29N3O4S2. The number of carbonyl (C=O) groups excluding carboxylic acids is 2. The Kier molecular flexibility index (Phi) is 8.23. The molecule has 9 heteroatoms. The highest BCUT2D eigenvalue weighted by Crippen LogP contribution is 2.38. The average molecular weight is 572 g/mol. The van der Waals surface area contributed by atoms with E-state index in [-0.39, 0.29) is 22.1 Å². The molecule has 0 bridgehead atoms. The molecule has 0 saturated carbocycles. The van der Waals surface area contributed by atoms with Gasteiger partial charge >= 0.3 is 0 Å². The molecule has 4 aromatic carbocycles. The van der Waals surface area contributed by atoms with Gasteiger partial charge in [0.2, 0.25) is 5.91 Å². The van der Waals surface area contributed by atoms with Gasteiger partial charge in [-0.3, -0.25) is 14.3 Å². The molecular weight excluding hydrogens is 542 g/mol. The smallest absolute Gasteiger partial charge is 0.261 e. The Morgan fingerprint density at radius 3 is 2.27 bits per heavy atom. The lowest BCUT2D eigenvalue weighted by molar-refractivity contribution is -0.128. The van der Waals surface area contributed by atoms with Crippen molar-refractivity contribution in [2.45, 2.75) is 23.6 Å². The zero-order valence-electron chi connectivity index (χ0n) is 21.9. The molecule has 5 rings (SSSR count). The molecule has 1 saturated heterocycles. The molecule has 1 atom stereocenters. The third-order valence-corrected chi connectivity index (χ3v) is 9.36. The molecule has 0 aliphatic carbocycles. The summed E-state index contributed by atoms with van der Waals surface area (Å²) in [5, 5.41) is 2.73. The van der Waals surface area contributed by atoms with Crippen LogP contribution in [0.5, 0.6) is 0 Å². The average Bonchev–Trinajstić information content (AvgIpc) is 3.34. The van der Waals surface area contributed by atoms with Crippen molar-refractivity contribution in [3.8, 4) is 0 Å². The molecule has 40 heavy (non-hydrogen) atoms. The Morgan fingerprint density at radius 1 is 0.900 bits per heavy atom. The Hall–Kier alpha value is -4.08. The topological polar surface area (TPSA) is 95.6 Å². The summed E-state index contributed by atoms with van der Waals surface area (Å²) >= 11 is 1.59. The van der Waals surface area contributed by atoms with E-state index in [4.69, 9.17) is 0 Å². The van der Waals surface area contributed by atoms with Crippen LogP contribution >= 0.6 is 11.8 Å². The van der Waals surface area contributed by atoms with E-state index >= 15 is 0 Å². The van der Waals surface area contributed by atoms with Crippen LogP contribution in [0.15, 0.2) is 108 Å². The fraction of sp³-hybridized carbons (Fsp3) is 0.161. The summed E-state index contributed by atoms with van der Waals surface area (Å²) in [5.74, 6) is 0.247. The Labute approximate surface area is 238 Å². The second-order valence-electron chi connectivity index (χ2n) is 9.51. The predicted molar refractivity (Wildman–Crippen MR) is 160 cm³/mol. The first kappa shape index (κ1) is 27.5. The monoisotopic (exact) mass is 571 g/mol. The third-order valence-electron chi connectivity index (χ3n) is 6.72. The fourth-order valence-corrected chi connectivity index (χ4v) is 6.83. The number of hydrogen-bond acceptors (Lipinski definition) is 5. The van der Waals surface area contributed by atoms with Crippen molar-refractivity contribution >= 4 is 45.0 Å². The Balaban J connectivity index is 1.21. The molecule has 0 radical (unpaired) electrons. The molecule has 2 N–H and O–H groups in total. The first-order valence-corrected chi connectivity index (χ1v) is 15.4. The molecule has 1 aliphatic rings. The van der Waals surface area contributed by atoms with Crippen LogP contribution in [0.25, 0.3) is 0 Å². The van der Waals surface area contributed by atoms with Gasteiger partial charge in [0.25, 0.3) is 15.9 Å². The molecule has 2 amide bonds. The summed E-state index contributed by atoms with van der Waals surface area (Å²) in [6.07, 6.45) is 0.784. The lowest BCUT2D eigenvalue weighted by Crippen LogP contribution is -2.30. The second-order valence-corrected chi connectivity index (χ2v) is 12.3. The maximum Gasteiger partial charge on any atom is 0.261 e. The van der Waals surface area contributed by atoms with Crippen molar-refractivity contribution in [1.82, 2.24) is 4.90 Å². The number of anilines is 2. The summed E-state index contributed by atoms with van der Waals surface area (Å²) in [6, 6.07) is 30.5. The highest BCUT2D eigenvalue weighted by Gasteiger charge is 2.32. The van der Waals surface area contributed by atoms with E-state index in [0.717, 1.165) is 17.5 Å². The number of amides is 2. The number of thioether (sulfide) groups is 1. The van der Waals surface area contributed by atoms with Crippen molar-refractivity contribution < 1.29 is 18.0 Å². The minimum atomic E-state index is -3.77. The van der Waals surface area contributed by atoms with Crippen molar-refractivity contribution in [3.05, 3.63) is 125 Å². The second kappa shape index (κ2) is 12.0. The van der Waals surface area contributed by atoms with Crippen LogP contribution in [0.1, 0.15) is 32.4 Å². The van der Waals surface area contributed by atoms with Crippen LogP contribution < -0.4 is 10.0 Å². The number of benzene rings is 4. The van der Waals surface area contributed by atoms with Gasteiger partial charge in [-0.1, -0.05) is 60.7 Å². The summed E-state index contributed by atoms with van der Waals surface area (Å²) < 4.78 is 28.2. The summed E-state index contributed by atoms with van der Waals surface area (Å²) in [5.41, 5.74) is 4.43. The molecule has 1 fully saturated rings. The SMILES string of the molecule is Cc1ccccc1NS(=O)(=O)c1ccc(NC(=O)c2ccc([C@@H]3SCC(=O)N3CCc3ccccc3)cc2)cc1. The quantitative estimate of drug-likeness (QED) is 0.262. The number of rotatable bonds is 9. The number of carbonyl (C=O) groups is 2. The minimum Gasteiger partial charge on any atom is -0.326 e. The number of nitrogens with zero attached hydrogens (tertiary/aromatic N) is 1. The summed E-state index contributed by atoms with van der Waals surface area (Å²) in [6.45, 7) is 2.46. The van der Waals surface area contributed by atoms with E-state index in [1.807, 2.05) is 54.3 Å². The van der Waals surface area contributed by atoms with E-state index in [2.05, 4.69) is 22.2 Å². The highest BCUT2D eigenvalue weighted by molar-refractivity contribution is 8.00. The number of hydrogen-bond donors (Lipinski definition) is 2. The Morgan fingerprint density at radius 2 is 1.57 bits per heavy atom. The standard InChI is InChI=1S/C31H29N3O4S2/c1-22-7-5-6-10-28(22)33-40(37,38)27-17-15-26(16-18-27)32-30(36)24-11-13-25(14-12-24)31-34(29(35)21-39-31)20-19-23-8-3-2-4-9-23/h2-18,31,33H,19-21H2,1H3,(H,32,36)/t31-/m0/s1. The maximum atomic E-state index is 12.9. The van der Waals surface area contributed by atoms with Crippen molar-refractivity contribution in [2.24, 2.45) is 0 Å².